The molecule has 0 fully saturated rings. The molecule has 0 saturated heterocycles. The van der Waals surface area contributed by atoms with E-state index in [9.17, 15) is 9.59 Å². The van der Waals surface area contributed by atoms with Crippen molar-refractivity contribution in [2.75, 3.05) is 11.9 Å². The lowest BCUT2D eigenvalue weighted by atomic mass is 9.95. The maximum atomic E-state index is 12.6. The second-order valence-electron chi connectivity index (χ2n) is 6.34. The molecule has 27 heavy (non-hydrogen) atoms. The summed E-state index contributed by atoms with van der Waals surface area (Å²) in [6.45, 7) is 3.74. The van der Waals surface area contributed by atoms with Gasteiger partial charge in [0.05, 0.1) is 12.2 Å². The highest BCUT2D eigenvalue weighted by Gasteiger charge is 2.28. The highest BCUT2D eigenvalue weighted by molar-refractivity contribution is 7.17. The summed E-state index contributed by atoms with van der Waals surface area (Å²) in [6, 6.07) is 6.82. The Labute approximate surface area is 167 Å². The van der Waals surface area contributed by atoms with Crippen LogP contribution in [0.3, 0.4) is 0 Å². The van der Waals surface area contributed by atoms with Gasteiger partial charge in [-0.1, -0.05) is 11.6 Å². The van der Waals surface area contributed by atoms with Gasteiger partial charge in [-0.3, -0.25) is 4.79 Å². The zero-order valence-corrected chi connectivity index (χ0v) is 16.9. The quantitative estimate of drug-likeness (QED) is 0.694. The molecule has 7 heteroatoms. The molecule has 2 aromatic rings. The fraction of sp³-hybridized carbons (Fsp3) is 0.400. The van der Waals surface area contributed by atoms with Crippen LogP contribution in [0, 0.1) is 0 Å². The molecule has 0 saturated carbocycles. The minimum atomic E-state index is -0.722. The zero-order chi connectivity index (χ0) is 19.4. The zero-order valence-electron chi connectivity index (χ0n) is 15.3. The third kappa shape index (κ3) is 4.62. The van der Waals surface area contributed by atoms with E-state index in [1.807, 2.05) is 0 Å². The molecule has 1 heterocycles. The maximum Gasteiger partial charge on any atom is 0.341 e. The molecule has 1 aliphatic rings. The van der Waals surface area contributed by atoms with Crippen LogP contribution in [0.4, 0.5) is 5.00 Å². The average Bonchev–Trinajstić information content (AvgIpc) is 3.01. The van der Waals surface area contributed by atoms with Crippen molar-refractivity contribution < 1.29 is 19.1 Å². The smallest absolute Gasteiger partial charge is 0.341 e. The SMILES string of the molecule is CCOC(=O)c1c(NC(=O)C(C)Oc2ccc(Cl)cc2)sc2c1CCCC2. The van der Waals surface area contributed by atoms with Gasteiger partial charge in [0.1, 0.15) is 10.8 Å². The van der Waals surface area contributed by atoms with Gasteiger partial charge in [0.2, 0.25) is 0 Å². The fourth-order valence-electron chi connectivity index (χ4n) is 3.06. The molecule has 0 spiro atoms. The van der Waals surface area contributed by atoms with Crippen molar-refractivity contribution in [2.24, 2.45) is 0 Å². The monoisotopic (exact) mass is 407 g/mol. The molecule has 1 amide bonds. The van der Waals surface area contributed by atoms with Gasteiger partial charge in [0.25, 0.3) is 5.91 Å². The summed E-state index contributed by atoms with van der Waals surface area (Å²) in [4.78, 5) is 26.2. The first-order chi connectivity index (χ1) is 13.0. The summed E-state index contributed by atoms with van der Waals surface area (Å²) < 4.78 is 10.9. The van der Waals surface area contributed by atoms with E-state index in [4.69, 9.17) is 21.1 Å². The van der Waals surface area contributed by atoms with Crippen LogP contribution in [0.2, 0.25) is 5.02 Å². The van der Waals surface area contributed by atoms with Crippen molar-refractivity contribution >= 4 is 39.8 Å². The second-order valence-corrected chi connectivity index (χ2v) is 7.88. The van der Waals surface area contributed by atoms with Crippen molar-refractivity contribution in [3.8, 4) is 5.75 Å². The molecule has 144 valence electrons. The maximum absolute atomic E-state index is 12.6. The topological polar surface area (TPSA) is 64.6 Å². The average molecular weight is 408 g/mol. The number of carbonyl (C=O) groups is 2. The van der Waals surface area contributed by atoms with Crippen LogP contribution < -0.4 is 10.1 Å². The van der Waals surface area contributed by atoms with E-state index in [2.05, 4.69) is 5.32 Å². The number of rotatable bonds is 6. The van der Waals surface area contributed by atoms with Crippen LogP contribution in [0.5, 0.6) is 5.75 Å². The summed E-state index contributed by atoms with van der Waals surface area (Å²) in [5.74, 6) is -0.134. The summed E-state index contributed by atoms with van der Waals surface area (Å²) in [7, 11) is 0. The van der Waals surface area contributed by atoms with E-state index < -0.39 is 6.10 Å². The second kappa shape index (κ2) is 8.76. The Bertz CT molecular complexity index is 831. The number of esters is 1. The van der Waals surface area contributed by atoms with E-state index >= 15 is 0 Å². The summed E-state index contributed by atoms with van der Waals surface area (Å²) in [6.07, 6.45) is 3.19. The standard InChI is InChI=1S/C20H22ClNO4S/c1-3-25-20(24)17-15-6-4-5-7-16(15)27-19(17)22-18(23)12(2)26-14-10-8-13(21)9-11-14/h8-12H,3-7H2,1-2H3,(H,22,23). The molecule has 1 aromatic heterocycles. The molecule has 1 aliphatic carbocycles. The predicted molar refractivity (Wildman–Crippen MR) is 107 cm³/mol. The molecule has 1 aromatic carbocycles. The highest BCUT2D eigenvalue weighted by Crippen LogP contribution is 2.38. The van der Waals surface area contributed by atoms with Gasteiger partial charge in [-0.2, -0.15) is 0 Å². The van der Waals surface area contributed by atoms with E-state index in [1.54, 1.807) is 38.1 Å². The lowest BCUT2D eigenvalue weighted by Crippen LogP contribution is -2.30. The first-order valence-corrected chi connectivity index (χ1v) is 10.2. The number of thiophene rings is 1. The van der Waals surface area contributed by atoms with Crippen LogP contribution in [0.1, 0.15) is 47.5 Å². The van der Waals surface area contributed by atoms with Crippen molar-refractivity contribution in [1.29, 1.82) is 0 Å². The van der Waals surface area contributed by atoms with Gasteiger partial charge in [0, 0.05) is 9.90 Å². The number of hydrogen-bond acceptors (Lipinski definition) is 5. The van der Waals surface area contributed by atoms with Crippen molar-refractivity contribution in [1.82, 2.24) is 0 Å². The van der Waals surface area contributed by atoms with E-state index in [0.717, 1.165) is 36.1 Å². The number of benzene rings is 1. The van der Waals surface area contributed by atoms with Gasteiger partial charge < -0.3 is 14.8 Å². The third-order valence-electron chi connectivity index (χ3n) is 4.38. The Morgan fingerprint density at radius 2 is 1.93 bits per heavy atom. The minimum absolute atomic E-state index is 0.299. The Kier molecular flexibility index (Phi) is 6.39. The van der Waals surface area contributed by atoms with Gasteiger partial charge in [0.15, 0.2) is 6.10 Å². The molecule has 1 atom stereocenters. The molecule has 1 unspecified atom stereocenters. The lowest BCUT2D eigenvalue weighted by molar-refractivity contribution is -0.122. The highest BCUT2D eigenvalue weighted by atomic mass is 35.5. The van der Waals surface area contributed by atoms with E-state index in [-0.39, 0.29) is 11.9 Å². The van der Waals surface area contributed by atoms with Crippen molar-refractivity contribution in [3.05, 3.63) is 45.3 Å². The van der Waals surface area contributed by atoms with Gasteiger partial charge in [-0.25, -0.2) is 4.79 Å². The summed E-state index contributed by atoms with van der Waals surface area (Å²) in [5, 5.41) is 4.02. The normalized spacial score (nSPS) is 14.2. The van der Waals surface area contributed by atoms with E-state index in [0.29, 0.717) is 27.9 Å². The van der Waals surface area contributed by atoms with Crippen LogP contribution >= 0.6 is 22.9 Å². The molecule has 0 aliphatic heterocycles. The van der Waals surface area contributed by atoms with Crippen LogP contribution in [-0.2, 0) is 22.4 Å². The van der Waals surface area contributed by atoms with Crippen molar-refractivity contribution in [2.45, 2.75) is 45.6 Å². The number of hydrogen-bond donors (Lipinski definition) is 1. The number of anilines is 1. The van der Waals surface area contributed by atoms with Gasteiger partial charge >= 0.3 is 5.97 Å². The summed E-state index contributed by atoms with van der Waals surface area (Å²) >= 11 is 7.33. The fourth-order valence-corrected chi connectivity index (χ4v) is 4.46. The number of carbonyl (C=O) groups excluding carboxylic acids is 2. The number of aryl methyl sites for hydroxylation is 1. The number of amides is 1. The third-order valence-corrected chi connectivity index (χ3v) is 5.84. The Morgan fingerprint density at radius 3 is 2.63 bits per heavy atom. The molecule has 0 radical (unpaired) electrons. The molecule has 0 bridgehead atoms. The first kappa shape index (κ1) is 19.7. The minimum Gasteiger partial charge on any atom is -0.481 e. The molecular weight excluding hydrogens is 386 g/mol. The molecule has 3 rings (SSSR count). The van der Waals surface area contributed by atoms with Gasteiger partial charge in [-0.05, 0) is 69.4 Å². The number of nitrogens with one attached hydrogen (secondary N) is 1. The lowest BCUT2D eigenvalue weighted by Gasteiger charge is -2.15. The largest absolute Gasteiger partial charge is 0.481 e. The van der Waals surface area contributed by atoms with Crippen LogP contribution in [0.25, 0.3) is 0 Å². The molecular formula is C20H22ClNO4S. The number of ether oxygens (including phenoxy) is 2. The summed E-state index contributed by atoms with van der Waals surface area (Å²) in [5.41, 5.74) is 1.52. The number of fused-ring (bicyclic) bond motifs is 1. The number of halogens is 1. The van der Waals surface area contributed by atoms with Crippen molar-refractivity contribution in [3.63, 3.8) is 0 Å². The molecule has 1 N–H and O–H groups in total. The van der Waals surface area contributed by atoms with Gasteiger partial charge in [-0.15, -0.1) is 11.3 Å². The van der Waals surface area contributed by atoms with Crippen LogP contribution in [-0.4, -0.2) is 24.6 Å². The Hall–Kier alpha value is -2.05. The van der Waals surface area contributed by atoms with E-state index in [1.165, 1.54) is 11.3 Å². The first-order valence-electron chi connectivity index (χ1n) is 9.04. The Morgan fingerprint density at radius 1 is 1.22 bits per heavy atom. The predicted octanol–water partition coefficient (Wildman–Crippen LogP) is 4.86. The molecule has 5 nitrogen and oxygen atoms in total. The Balaban J connectivity index is 1.77. The van der Waals surface area contributed by atoms with Crippen LogP contribution in [0.15, 0.2) is 24.3 Å².